The van der Waals surface area contributed by atoms with Crippen LogP contribution in [0, 0.1) is 5.92 Å². The van der Waals surface area contributed by atoms with E-state index in [1.165, 1.54) is 41.0 Å². The van der Waals surface area contributed by atoms with Crippen LogP contribution in [0.25, 0.3) is 0 Å². The zero-order valence-corrected chi connectivity index (χ0v) is 15.0. The van der Waals surface area contributed by atoms with Crippen LogP contribution in [-0.4, -0.2) is 35.2 Å². The van der Waals surface area contributed by atoms with E-state index in [1.54, 1.807) is 0 Å². The molecule has 1 aliphatic heterocycles. The summed E-state index contributed by atoms with van der Waals surface area (Å²) < 4.78 is 0. The molecule has 1 aromatic rings. The molecule has 6 nitrogen and oxygen atoms in total. The summed E-state index contributed by atoms with van der Waals surface area (Å²) in [5.41, 5.74) is 6.30. The summed E-state index contributed by atoms with van der Waals surface area (Å²) in [5, 5.41) is 0. The first-order valence-electron chi connectivity index (χ1n) is 9.13. The standard InChI is InChI=1S/C18H23N3O3S/c22-16-9-12(10-21(16)13-6-7-13)17(23)19-20-18(24)15-8-11-4-2-1-3-5-14(11)25-15/h8,12-13H,1-7,9-10H2,(H,19,23)(H,20,24)/t12-/m1/s1. The van der Waals surface area contributed by atoms with E-state index in [0.29, 0.717) is 17.5 Å². The molecule has 0 aromatic carbocycles. The SMILES string of the molecule is O=C(NNC(=O)[C@@H]1CC(=O)N(C2CC2)C1)c1cc2c(s1)CCCCC2. The summed E-state index contributed by atoms with van der Waals surface area (Å²) in [6.07, 6.45) is 8.00. The second-order valence-electron chi connectivity index (χ2n) is 7.24. The third-order valence-corrected chi connectivity index (χ3v) is 6.52. The maximum absolute atomic E-state index is 12.3. The minimum absolute atomic E-state index is 0.0518. The molecule has 2 N–H and O–H groups in total. The summed E-state index contributed by atoms with van der Waals surface area (Å²) in [6.45, 7) is 0.471. The number of hydrazine groups is 1. The van der Waals surface area contributed by atoms with Gasteiger partial charge in [-0.15, -0.1) is 11.3 Å². The van der Waals surface area contributed by atoms with Gasteiger partial charge in [0.05, 0.1) is 10.8 Å². The van der Waals surface area contributed by atoms with Crippen molar-refractivity contribution in [2.75, 3.05) is 6.54 Å². The van der Waals surface area contributed by atoms with Crippen LogP contribution in [-0.2, 0) is 22.4 Å². The summed E-state index contributed by atoms with van der Waals surface area (Å²) in [5.74, 6) is -0.859. The van der Waals surface area contributed by atoms with Gasteiger partial charge in [-0.1, -0.05) is 6.42 Å². The highest BCUT2D eigenvalue weighted by Gasteiger charge is 2.41. The fraction of sp³-hybridized carbons (Fsp3) is 0.611. The Kier molecular flexibility index (Phi) is 4.50. The number of thiophene rings is 1. The van der Waals surface area contributed by atoms with Crippen LogP contribution in [0.2, 0.25) is 0 Å². The van der Waals surface area contributed by atoms with E-state index >= 15 is 0 Å². The minimum Gasteiger partial charge on any atom is -0.339 e. The highest BCUT2D eigenvalue weighted by molar-refractivity contribution is 7.14. The molecule has 1 atom stereocenters. The molecule has 4 rings (SSSR count). The van der Waals surface area contributed by atoms with Gasteiger partial charge in [-0.2, -0.15) is 0 Å². The highest BCUT2D eigenvalue weighted by atomic mass is 32.1. The Bertz CT molecular complexity index is 687. The predicted molar refractivity (Wildman–Crippen MR) is 94.0 cm³/mol. The van der Waals surface area contributed by atoms with Gasteiger partial charge < -0.3 is 4.90 Å². The van der Waals surface area contributed by atoms with Crippen molar-refractivity contribution in [3.63, 3.8) is 0 Å². The van der Waals surface area contributed by atoms with E-state index in [4.69, 9.17) is 0 Å². The number of rotatable bonds is 3. The Hall–Kier alpha value is -1.89. The van der Waals surface area contributed by atoms with Gasteiger partial charge in [0, 0.05) is 23.9 Å². The zero-order valence-electron chi connectivity index (χ0n) is 14.2. The topological polar surface area (TPSA) is 78.5 Å². The van der Waals surface area contributed by atoms with E-state index in [1.807, 2.05) is 11.0 Å². The van der Waals surface area contributed by atoms with Crippen molar-refractivity contribution >= 4 is 29.1 Å². The summed E-state index contributed by atoms with van der Waals surface area (Å²) >= 11 is 1.53. The molecule has 2 fully saturated rings. The molecule has 1 aromatic heterocycles. The molecule has 3 aliphatic rings. The van der Waals surface area contributed by atoms with E-state index in [-0.39, 0.29) is 30.1 Å². The Balaban J connectivity index is 1.31. The molecule has 1 saturated heterocycles. The Morgan fingerprint density at radius 3 is 2.72 bits per heavy atom. The Morgan fingerprint density at radius 1 is 1.12 bits per heavy atom. The molecular weight excluding hydrogens is 338 g/mol. The average Bonchev–Trinajstić information content (AvgIpc) is 3.31. The number of carbonyl (C=O) groups is 3. The van der Waals surface area contributed by atoms with E-state index in [2.05, 4.69) is 10.9 Å². The van der Waals surface area contributed by atoms with Gasteiger partial charge >= 0.3 is 0 Å². The zero-order chi connectivity index (χ0) is 17.4. The first kappa shape index (κ1) is 16.6. The Labute approximate surface area is 150 Å². The molecule has 2 heterocycles. The van der Waals surface area contributed by atoms with Crippen LogP contribution in [0.15, 0.2) is 6.07 Å². The van der Waals surface area contributed by atoms with Gasteiger partial charge in [-0.05, 0) is 50.2 Å². The van der Waals surface area contributed by atoms with Crippen LogP contribution in [0.3, 0.4) is 0 Å². The normalized spacial score (nSPS) is 23.1. The lowest BCUT2D eigenvalue weighted by Crippen LogP contribution is -2.45. The maximum atomic E-state index is 12.3. The largest absolute Gasteiger partial charge is 0.339 e. The molecule has 0 spiro atoms. The number of likely N-dealkylation sites (tertiary alicyclic amines) is 1. The smallest absolute Gasteiger partial charge is 0.279 e. The third kappa shape index (κ3) is 3.56. The summed E-state index contributed by atoms with van der Waals surface area (Å²) in [7, 11) is 0. The minimum atomic E-state index is -0.367. The van der Waals surface area contributed by atoms with Crippen LogP contribution in [0.4, 0.5) is 0 Å². The number of aryl methyl sites for hydroxylation is 2. The summed E-state index contributed by atoms with van der Waals surface area (Å²) in [4.78, 5) is 40.3. The van der Waals surface area contributed by atoms with Crippen molar-refractivity contribution in [1.29, 1.82) is 0 Å². The molecular formula is C18H23N3O3S. The van der Waals surface area contributed by atoms with Crippen LogP contribution in [0.5, 0.6) is 0 Å². The molecule has 2 aliphatic carbocycles. The quantitative estimate of drug-likeness (QED) is 0.636. The number of nitrogens with one attached hydrogen (secondary N) is 2. The lowest BCUT2D eigenvalue weighted by atomic mass is 10.1. The lowest BCUT2D eigenvalue weighted by molar-refractivity contribution is -0.129. The first-order chi connectivity index (χ1) is 12.1. The molecule has 1 saturated carbocycles. The predicted octanol–water partition coefficient (Wildman–Crippen LogP) is 1.79. The fourth-order valence-electron chi connectivity index (χ4n) is 3.71. The van der Waals surface area contributed by atoms with Gasteiger partial charge in [-0.25, -0.2) is 0 Å². The van der Waals surface area contributed by atoms with Crippen molar-refractivity contribution < 1.29 is 14.4 Å². The van der Waals surface area contributed by atoms with Crippen molar-refractivity contribution in [2.24, 2.45) is 5.92 Å². The molecule has 3 amide bonds. The lowest BCUT2D eigenvalue weighted by Gasteiger charge is -2.15. The van der Waals surface area contributed by atoms with Gasteiger partial charge in [-0.3, -0.25) is 25.2 Å². The van der Waals surface area contributed by atoms with Crippen LogP contribution < -0.4 is 10.9 Å². The van der Waals surface area contributed by atoms with Crippen LogP contribution >= 0.6 is 11.3 Å². The average molecular weight is 361 g/mol. The monoisotopic (exact) mass is 361 g/mol. The molecule has 7 heteroatoms. The van der Waals surface area contributed by atoms with Crippen LogP contribution in [0.1, 0.15) is 58.6 Å². The number of nitrogens with zero attached hydrogens (tertiary/aromatic N) is 1. The number of hydrogen-bond donors (Lipinski definition) is 2. The highest BCUT2D eigenvalue weighted by Crippen LogP contribution is 2.32. The van der Waals surface area contributed by atoms with Crippen molar-refractivity contribution in [3.8, 4) is 0 Å². The van der Waals surface area contributed by atoms with Gasteiger partial charge in [0.1, 0.15) is 0 Å². The van der Waals surface area contributed by atoms with E-state index in [9.17, 15) is 14.4 Å². The van der Waals surface area contributed by atoms with Gasteiger partial charge in [0.25, 0.3) is 5.91 Å². The third-order valence-electron chi connectivity index (χ3n) is 5.29. The molecule has 134 valence electrons. The van der Waals surface area contributed by atoms with E-state index < -0.39 is 0 Å². The second kappa shape index (κ2) is 6.78. The number of carbonyl (C=O) groups excluding carboxylic acids is 3. The first-order valence-corrected chi connectivity index (χ1v) is 9.94. The van der Waals surface area contributed by atoms with E-state index in [0.717, 1.165) is 25.7 Å². The number of hydrogen-bond acceptors (Lipinski definition) is 4. The molecule has 0 bridgehead atoms. The summed E-state index contributed by atoms with van der Waals surface area (Å²) in [6, 6.07) is 2.29. The molecule has 0 unspecified atom stereocenters. The number of amides is 3. The second-order valence-corrected chi connectivity index (χ2v) is 8.38. The maximum Gasteiger partial charge on any atom is 0.279 e. The Morgan fingerprint density at radius 2 is 1.92 bits per heavy atom. The molecule has 25 heavy (non-hydrogen) atoms. The molecule has 0 radical (unpaired) electrons. The fourth-order valence-corrected chi connectivity index (χ4v) is 4.86. The van der Waals surface area contributed by atoms with Gasteiger partial charge in [0.2, 0.25) is 11.8 Å². The van der Waals surface area contributed by atoms with Crippen molar-refractivity contribution in [3.05, 3.63) is 21.4 Å². The van der Waals surface area contributed by atoms with Crippen molar-refractivity contribution in [1.82, 2.24) is 15.8 Å². The van der Waals surface area contributed by atoms with Crippen molar-refractivity contribution in [2.45, 2.75) is 57.4 Å². The number of fused-ring (bicyclic) bond motifs is 1. The van der Waals surface area contributed by atoms with Gasteiger partial charge in [0.15, 0.2) is 0 Å².